The SMILES string of the molecule is O=C(CCSc1nnc2c(n1)[nH]c1ccccc12)N1c2ccccc2Sc2ccccc21. The van der Waals surface area contributed by atoms with Gasteiger partial charge in [-0.05, 0) is 30.3 Å². The van der Waals surface area contributed by atoms with Gasteiger partial charge in [0.1, 0.15) is 5.52 Å². The molecule has 0 bridgehead atoms. The lowest BCUT2D eigenvalue weighted by molar-refractivity contribution is -0.117. The number of para-hydroxylation sites is 3. The van der Waals surface area contributed by atoms with Gasteiger partial charge in [0, 0.05) is 32.9 Å². The molecule has 0 saturated carbocycles. The summed E-state index contributed by atoms with van der Waals surface area (Å²) in [5.41, 5.74) is 4.33. The van der Waals surface area contributed by atoms with Gasteiger partial charge < -0.3 is 4.98 Å². The minimum absolute atomic E-state index is 0.0531. The van der Waals surface area contributed by atoms with Gasteiger partial charge in [0.2, 0.25) is 11.1 Å². The van der Waals surface area contributed by atoms with Crippen molar-refractivity contribution < 1.29 is 4.79 Å². The van der Waals surface area contributed by atoms with E-state index in [-0.39, 0.29) is 5.91 Å². The fourth-order valence-corrected chi connectivity index (χ4v) is 5.65. The Bertz CT molecular complexity index is 1440. The number of thioether (sulfide) groups is 1. The number of amides is 1. The Kier molecular flexibility index (Phi) is 4.81. The van der Waals surface area contributed by atoms with Gasteiger partial charge in [0.15, 0.2) is 5.65 Å². The molecule has 0 saturated heterocycles. The van der Waals surface area contributed by atoms with Gasteiger partial charge in [-0.1, -0.05) is 66.0 Å². The van der Waals surface area contributed by atoms with Gasteiger partial charge in [-0.15, -0.1) is 10.2 Å². The number of nitrogens with zero attached hydrogens (tertiary/aromatic N) is 4. The third kappa shape index (κ3) is 3.32. The van der Waals surface area contributed by atoms with Gasteiger partial charge in [0.25, 0.3) is 0 Å². The molecule has 6 nitrogen and oxygen atoms in total. The standard InChI is InChI=1S/C24H17N5OS2/c30-21(29-17-9-3-5-11-19(17)32-20-12-6-4-10-18(20)29)13-14-31-24-26-23-22(27-28-24)15-7-1-2-8-16(15)25-23/h1-12H,13-14H2,(H,25,26,28). The van der Waals surface area contributed by atoms with Crippen molar-refractivity contribution in [3.63, 3.8) is 0 Å². The molecular weight excluding hydrogens is 438 g/mol. The molecule has 0 unspecified atom stereocenters. The van der Waals surface area contributed by atoms with E-state index in [0.29, 0.717) is 23.0 Å². The summed E-state index contributed by atoms with van der Waals surface area (Å²) >= 11 is 3.14. The zero-order chi connectivity index (χ0) is 21.5. The molecule has 1 aliphatic heterocycles. The van der Waals surface area contributed by atoms with Crippen LogP contribution >= 0.6 is 23.5 Å². The number of aromatic amines is 1. The molecule has 0 spiro atoms. The van der Waals surface area contributed by atoms with Crippen LogP contribution in [0.1, 0.15) is 6.42 Å². The van der Waals surface area contributed by atoms with E-state index in [1.165, 1.54) is 11.8 Å². The number of H-pyrrole nitrogens is 1. The maximum Gasteiger partial charge on any atom is 0.232 e. The van der Waals surface area contributed by atoms with E-state index in [9.17, 15) is 4.79 Å². The van der Waals surface area contributed by atoms with Crippen LogP contribution < -0.4 is 4.90 Å². The van der Waals surface area contributed by atoms with Gasteiger partial charge in [0.05, 0.1) is 11.4 Å². The molecule has 0 fully saturated rings. The molecule has 3 aromatic carbocycles. The molecule has 0 radical (unpaired) electrons. The van der Waals surface area contributed by atoms with Crippen LogP contribution in [0.4, 0.5) is 11.4 Å². The van der Waals surface area contributed by atoms with Crippen molar-refractivity contribution in [3.8, 4) is 0 Å². The van der Waals surface area contributed by atoms with E-state index < -0.39 is 0 Å². The smallest absolute Gasteiger partial charge is 0.232 e. The lowest BCUT2D eigenvalue weighted by atomic mass is 10.2. The number of carbonyl (C=O) groups excluding carboxylic acids is 1. The number of hydrogen-bond acceptors (Lipinski definition) is 6. The predicted octanol–water partition coefficient (Wildman–Crippen LogP) is 5.82. The normalized spacial score (nSPS) is 12.7. The lowest BCUT2D eigenvalue weighted by Crippen LogP contribution is -2.28. The van der Waals surface area contributed by atoms with Crippen LogP contribution in [-0.4, -0.2) is 31.8 Å². The molecule has 8 heteroatoms. The number of anilines is 2. The van der Waals surface area contributed by atoms with E-state index in [1.807, 2.05) is 65.6 Å². The topological polar surface area (TPSA) is 74.8 Å². The molecule has 0 atom stereocenters. The highest BCUT2D eigenvalue weighted by atomic mass is 32.2. The zero-order valence-electron chi connectivity index (χ0n) is 16.9. The van der Waals surface area contributed by atoms with Crippen LogP contribution in [-0.2, 0) is 4.79 Å². The van der Waals surface area contributed by atoms with E-state index in [0.717, 1.165) is 37.6 Å². The lowest BCUT2D eigenvalue weighted by Gasteiger charge is -2.31. The Labute approximate surface area is 192 Å². The van der Waals surface area contributed by atoms with Crippen molar-refractivity contribution in [2.75, 3.05) is 10.7 Å². The summed E-state index contributed by atoms with van der Waals surface area (Å²) in [5.74, 6) is 0.623. The van der Waals surface area contributed by atoms with Crippen LogP contribution in [0, 0.1) is 0 Å². The van der Waals surface area contributed by atoms with Crippen molar-refractivity contribution >= 4 is 62.9 Å². The van der Waals surface area contributed by atoms with Crippen LogP contribution in [0.3, 0.4) is 0 Å². The largest absolute Gasteiger partial charge is 0.338 e. The average molecular weight is 456 g/mol. The summed E-state index contributed by atoms with van der Waals surface area (Å²) < 4.78 is 0. The van der Waals surface area contributed by atoms with Gasteiger partial charge >= 0.3 is 0 Å². The number of benzene rings is 3. The van der Waals surface area contributed by atoms with E-state index in [1.54, 1.807) is 11.8 Å². The molecule has 0 aliphatic carbocycles. The predicted molar refractivity (Wildman–Crippen MR) is 129 cm³/mol. The number of fused-ring (bicyclic) bond motifs is 5. The van der Waals surface area contributed by atoms with E-state index in [4.69, 9.17) is 0 Å². The Morgan fingerprint density at radius 2 is 1.59 bits per heavy atom. The third-order valence-corrected chi connectivity index (χ3v) is 7.30. The number of nitrogens with one attached hydrogen (secondary N) is 1. The summed E-state index contributed by atoms with van der Waals surface area (Å²) in [6.45, 7) is 0. The minimum Gasteiger partial charge on any atom is -0.338 e. The minimum atomic E-state index is 0.0531. The van der Waals surface area contributed by atoms with Crippen LogP contribution in [0.15, 0.2) is 87.7 Å². The number of hydrogen-bond donors (Lipinski definition) is 1. The Morgan fingerprint density at radius 3 is 2.38 bits per heavy atom. The van der Waals surface area contributed by atoms with Crippen molar-refractivity contribution in [3.05, 3.63) is 72.8 Å². The quantitative estimate of drug-likeness (QED) is 0.344. The fourth-order valence-electron chi connectivity index (χ4n) is 3.88. The first-order valence-corrected chi connectivity index (χ1v) is 12.0. The molecule has 3 heterocycles. The monoisotopic (exact) mass is 455 g/mol. The first-order chi connectivity index (χ1) is 15.8. The summed E-state index contributed by atoms with van der Waals surface area (Å²) in [7, 11) is 0. The molecule has 156 valence electrons. The molecule has 32 heavy (non-hydrogen) atoms. The van der Waals surface area contributed by atoms with E-state index >= 15 is 0 Å². The zero-order valence-corrected chi connectivity index (χ0v) is 18.5. The number of rotatable bonds is 4. The fraction of sp³-hybridized carbons (Fsp3) is 0.0833. The summed E-state index contributed by atoms with van der Waals surface area (Å²) in [6.07, 6.45) is 0.367. The van der Waals surface area contributed by atoms with Gasteiger partial charge in [-0.25, -0.2) is 4.98 Å². The average Bonchev–Trinajstić information content (AvgIpc) is 3.20. The first kappa shape index (κ1) is 19.3. The maximum atomic E-state index is 13.3. The van der Waals surface area contributed by atoms with Crippen molar-refractivity contribution in [2.24, 2.45) is 0 Å². The third-order valence-electron chi connectivity index (χ3n) is 5.33. The van der Waals surface area contributed by atoms with Crippen LogP contribution in [0.2, 0.25) is 0 Å². The van der Waals surface area contributed by atoms with Crippen molar-refractivity contribution in [2.45, 2.75) is 21.4 Å². The van der Waals surface area contributed by atoms with Crippen molar-refractivity contribution in [1.29, 1.82) is 0 Å². The summed E-state index contributed by atoms with van der Waals surface area (Å²) in [5, 5.41) is 10.2. The maximum absolute atomic E-state index is 13.3. The molecule has 5 aromatic rings. The first-order valence-electron chi connectivity index (χ1n) is 10.2. The molecule has 1 amide bonds. The van der Waals surface area contributed by atoms with Gasteiger partial charge in [-0.2, -0.15) is 0 Å². The second-order valence-electron chi connectivity index (χ2n) is 7.33. The highest BCUT2D eigenvalue weighted by Crippen LogP contribution is 2.48. The Morgan fingerprint density at radius 1 is 0.906 bits per heavy atom. The molecular formula is C24H17N5OS2. The number of aromatic nitrogens is 4. The summed E-state index contributed by atoms with van der Waals surface area (Å²) in [4.78, 5) is 25.2. The highest BCUT2D eigenvalue weighted by Gasteiger charge is 2.27. The van der Waals surface area contributed by atoms with E-state index in [2.05, 4.69) is 32.3 Å². The molecule has 2 aromatic heterocycles. The second kappa shape index (κ2) is 7.96. The van der Waals surface area contributed by atoms with Crippen LogP contribution in [0.5, 0.6) is 0 Å². The second-order valence-corrected chi connectivity index (χ2v) is 9.47. The molecule has 1 aliphatic rings. The Hall–Kier alpha value is -3.36. The molecule has 1 N–H and O–H groups in total. The van der Waals surface area contributed by atoms with Gasteiger partial charge in [-0.3, -0.25) is 9.69 Å². The van der Waals surface area contributed by atoms with Crippen LogP contribution in [0.25, 0.3) is 22.1 Å². The van der Waals surface area contributed by atoms with Crippen molar-refractivity contribution in [1.82, 2.24) is 20.2 Å². The highest BCUT2D eigenvalue weighted by molar-refractivity contribution is 7.99. The molecule has 6 rings (SSSR count). The summed E-state index contributed by atoms with van der Waals surface area (Å²) in [6, 6.07) is 24.0. The number of carbonyl (C=O) groups is 1. The Balaban J connectivity index is 1.21.